The fourth-order valence-electron chi connectivity index (χ4n) is 2.90. The zero-order valence-corrected chi connectivity index (χ0v) is 14.0. The van der Waals surface area contributed by atoms with Gasteiger partial charge in [0.25, 0.3) is 0 Å². The minimum absolute atomic E-state index is 0.351. The van der Waals surface area contributed by atoms with E-state index in [0.29, 0.717) is 5.54 Å². The van der Waals surface area contributed by atoms with E-state index < -0.39 is 0 Å². The van der Waals surface area contributed by atoms with E-state index >= 15 is 0 Å². The van der Waals surface area contributed by atoms with Crippen LogP contribution in [0.3, 0.4) is 0 Å². The van der Waals surface area contributed by atoms with Crippen LogP contribution in [0.2, 0.25) is 5.02 Å². The Hall–Kier alpha value is -0.0900. The molecule has 1 aliphatic carbocycles. The summed E-state index contributed by atoms with van der Waals surface area (Å²) in [5, 5.41) is 4.37. The Morgan fingerprint density at radius 3 is 2.58 bits per heavy atom. The highest BCUT2D eigenvalue weighted by atomic mass is 79.9. The van der Waals surface area contributed by atoms with Crippen molar-refractivity contribution >= 4 is 27.5 Å². The van der Waals surface area contributed by atoms with Crippen molar-refractivity contribution in [2.75, 3.05) is 20.6 Å². The van der Waals surface area contributed by atoms with Gasteiger partial charge in [0.2, 0.25) is 0 Å². The van der Waals surface area contributed by atoms with Gasteiger partial charge in [0.05, 0.1) is 5.02 Å². The standard InChI is InChI=1S/C15H22BrClN2/c1-19(2)15(7-3-4-8-15)11-18-10-12-5-6-14(17)13(16)9-12/h5-6,9,18H,3-4,7-8,10-11H2,1-2H3. The van der Waals surface area contributed by atoms with E-state index in [-0.39, 0.29) is 0 Å². The van der Waals surface area contributed by atoms with E-state index in [0.717, 1.165) is 22.6 Å². The lowest BCUT2D eigenvalue weighted by atomic mass is 9.96. The molecule has 0 saturated heterocycles. The van der Waals surface area contributed by atoms with E-state index in [1.807, 2.05) is 6.07 Å². The summed E-state index contributed by atoms with van der Waals surface area (Å²) in [7, 11) is 4.40. The van der Waals surface area contributed by atoms with Crippen LogP contribution in [0.5, 0.6) is 0 Å². The van der Waals surface area contributed by atoms with Crippen molar-refractivity contribution in [2.24, 2.45) is 0 Å². The molecule has 0 radical (unpaired) electrons. The Balaban J connectivity index is 1.90. The van der Waals surface area contributed by atoms with E-state index in [4.69, 9.17) is 11.6 Å². The molecule has 1 aromatic carbocycles. The largest absolute Gasteiger partial charge is 0.311 e. The molecule has 106 valence electrons. The van der Waals surface area contributed by atoms with Crippen molar-refractivity contribution in [1.82, 2.24) is 10.2 Å². The van der Waals surface area contributed by atoms with Gasteiger partial charge in [-0.1, -0.05) is 30.5 Å². The number of halogens is 2. The van der Waals surface area contributed by atoms with E-state index in [9.17, 15) is 0 Å². The fourth-order valence-corrected chi connectivity index (χ4v) is 3.45. The zero-order chi connectivity index (χ0) is 13.9. The molecule has 0 unspecified atom stereocenters. The quantitative estimate of drug-likeness (QED) is 0.865. The molecule has 1 N–H and O–H groups in total. The van der Waals surface area contributed by atoms with Gasteiger partial charge in [0, 0.05) is 23.1 Å². The first-order valence-electron chi connectivity index (χ1n) is 6.86. The fraction of sp³-hybridized carbons (Fsp3) is 0.600. The summed E-state index contributed by atoms with van der Waals surface area (Å²) >= 11 is 9.48. The maximum Gasteiger partial charge on any atom is 0.0548 e. The summed E-state index contributed by atoms with van der Waals surface area (Å²) in [5.74, 6) is 0. The second-order valence-electron chi connectivity index (χ2n) is 5.68. The third-order valence-corrected chi connectivity index (χ3v) is 5.46. The minimum atomic E-state index is 0.351. The molecule has 0 aromatic heterocycles. The van der Waals surface area contributed by atoms with Crippen LogP contribution in [0.4, 0.5) is 0 Å². The predicted octanol–water partition coefficient (Wildman–Crippen LogP) is 4.07. The van der Waals surface area contributed by atoms with Gasteiger partial charge in [-0.15, -0.1) is 0 Å². The van der Waals surface area contributed by atoms with Crippen LogP contribution in [0.15, 0.2) is 22.7 Å². The van der Waals surface area contributed by atoms with Crippen LogP contribution in [0.1, 0.15) is 31.2 Å². The molecule has 2 nitrogen and oxygen atoms in total. The third kappa shape index (κ3) is 3.72. The van der Waals surface area contributed by atoms with Gasteiger partial charge in [0.15, 0.2) is 0 Å². The van der Waals surface area contributed by atoms with Gasteiger partial charge in [-0.05, 0) is 60.6 Å². The van der Waals surface area contributed by atoms with Crippen LogP contribution in [0.25, 0.3) is 0 Å². The van der Waals surface area contributed by atoms with Gasteiger partial charge in [-0.2, -0.15) is 0 Å². The predicted molar refractivity (Wildman–Crippen MR) is 85.7 cm³/mol. The first-order valence-corrected chi connectivity index (χ1v) is 8.03. The first kappa shape index (κ1) is 15.3. The van der Waals surface area contributed by atoms with Gasteiger partial charge < -0.3 is 10.2 Å². The van der Waals surface area contributed by atoms with Crippen molar-refractivity contribution < 1.29 is 0 Å². The molecular formula is C15H22BrClN2. The van der Waals surface area contributed by atoms with Crippen LogP contribution >= 0.6 is 27.5 Å². The number of benzene rings is 1. The number of nitrogens with zero attached hydrogens (tertiary/aromatic N) is 1. The molecule has 0 spiro atoms. The third-order valence-electron chi connectivity index (χ3n) is 4.25. The second kappa shape index (κ2) is 6.57. The Morgan fingerprint density at radius 2 is 2.00 bits per heavy atom. The van der Waals surface area contributed by atoms with E-state index in [1.165, 1.54) is 31.2 Å². The lowest BCUT2D eigenvalue weighted by Gasteiger charge is -2.36. The Morgan fingerprint density at radius 1 is 1.32 bits per heavy atom. The highest BCUT2D eigenvalue weighted by Gasteiger charge is 2.35. The van der Waals surface area contributed by atoms with Crippen molar-refractivity contribution in [1.29, 1.82) is 0 Å². The van der Waals surface area contributed by atoms with Crippen LogP contribution in [-0.2, 0) is 6.54 Å². The average molecular weight is 346 g/mol. The van der Waals surface area contributed by atoms with Crippen molar-refractivity contribution in [3.63, 3.8) is 0 Å². The van der Waals surface area contributed by atoms with Crippen molar-refractivity contribution in [3.05, 3.63) is 33.3 Å². The second-order valence-corrected chi connectivity index (χ2v) is 6.94. The molecule has 1 saturated carbocycles. The number of hydrogen-bond acceptors (Lipinski definition) is 2. The topological polar surface area (TPSA) is 15.3 Å². The molecule has 4 heteroatoms. The maximum absolute atomic E-state index is 6.01. The van der Waals surface area contributed by atoms with Gasteiger partial charge in [-0.25, -0.2) is 0 Å². The lowest BCUT2D eigenvalue weighted by Crippen LogP contribution is -2.49. The molecule has 2 rings (SSSR count). The Bertz CT molecular complexity index is 428. The molecular weight excluding hydrogens is 324 g/mol. The normalized spacial score (nSPS) is 18.2. The maximum atomic E-state index is 6.01. The van der Waals surface area contributed by atoms with Crippen LogP contribution in [-0.4, -0.2) is 31.1 Å². The van der Waals surface area contributed by atoms with Gasteiger partial charge >= 0.3 is 0 Å². The van der Waals surface area contributed by atoms with Gasteiger partial charge in [-0.3, -0.25) is 0 Å². The molecule has 1 aliphatic rings. The molecule has 0 atom stereocenters. The minimum Gasteiger partial charge on any atom is -0.311 e. The molecule has 0 amide bonds. The van der Waals surface area contributed by atoms with E-state index in [2.05, 4.69) is 52.4 Å². The van der Waals surface area contributed by atoms with Crippen LogP contribution < -0.4 is 5.32 Å². The summed E-state index contributed by atoms with van der Waals surface area (Å²) in [6, 6.07) is 6.11. The number of nitrogens with one attached hydrogen (secondary N) is 1. The summed E-state index contributed by atoms with van der Waals surface area (Å²) in [6.07, 6.45) is 5.31. The first-order chi connectivity index (χ1) is 9.03. The van der Waals surface area contributed by atoms with E-state index in [1.54, 1.807) is 0 Å². The number of rotatable bonds is 5. The van der Waals surface area contributed by atoms with Crippen LogP contribution in [0, 0.1) is 0 Å². The Kier molecular flexibility index (Phi) is 5.29. The summed E-state index contributed by atoms with van der Waals surface area (Å²) in [5.41, 5.74) is 1.62. The summed E-state index contributed by atoms with van der Waals surface area (Å²) < 4.78 is 0.969. The highest BCUT2D eigenvalue weighted by molar-refractivity contribution is 9.10. The molecule has 1 aromatic rings. The zero-order valence-electron chi connectivity index (χ0n) is 11.7. The molecule has 0 heterocycles. The molecule has 0 aliphatic heterocycles. The average Bonchev–Trinajstić information content (AvgIpc) is 2.84. The van der Waals surface area contributed by atoms with Crippen molar-refractivity contribution in [2.45, 2.75) is 37.8 Å². The SMILES string of the molecule is CN(C)C1(CNCc2ccc(Cl)c(Br)c2)CCCC1. The molecule has 0 bridgehead atoms. The molecule has 19 heavy (non-hydrogen) atoms. The monoisotopic (exact) mass is 344 g/mol. The molecule has 1 fully saturated rings. The smallest absolute Gasteiger partial charge is 0.0548 e. The number of likely N-dealkylation sites (N-methyl/N-ethyl adjacent to an activating group) is 1. The summed E-state index contributed by atoms with van der Waals surface area (Å²) in [4.78, 5) is 2.39. The highest BCUT2D eigenvalue weighted by Crippen LogP contribution is 2.33. The Labute approximate surface area is 129 Å². The van der Waals surface area contributed by atoms with Crippen molar-refractivity contribution in [3.8, 4) is 0 Å². The van der Waals surface area contributed by atoms with Gasteiger partial charge in [0.1, 0.15) is 0 Å². The summed E-state index contributed by atoms with van der Waals surface area (Å²) in [6.45, 7) is 1.95. The lowest BCUT2D eigenvalue weighted by molar-refractivity contribution is 0.153. The number of hydrogen-bond donors (Lipinski definition) is 1.